The number of nitrogens with zero attached hydrogens (tertiary/aromatic N) is 1. The molecule has 6 aromatic rings. The first-order valence-corrected chi connectivity index (χ1v) is 24.3. The molecule has 0 radical (unpaired) electrons. The Balaban J connectivity index is 0.000000282. The molecule has 19 nitrogen and oxygen atoms in total. The molecule has 0 heterocycles. The number of phenols is 2. The number of amides is 5. The third-order valence-corrected chi connectivity index (χ3v) is 11.5. The largest absolute Gasteiger partial charge is 0.506 e. The number of phenolic OH excluding ortho intramolecular Hbond substituents is 2. The summed E-state index contributed by atoms with van der Waals surface area (Å²) in [6, 6.07) is 28.0. The van der Waals surface area contributed by atoms with Crippen LogP contribution >= 0.6 is 11.6 Å². The lowest BCUT2D eigenvalue weighted by Crippen LogP contribution is -2.31. The first kappa shape index (κ1) is 58.2. The number of anilines is 3. The summed E-state index contributed by atoms with van der Waals surface area (Å²) < 4.78 is 32.4. The van der Waals surface area contributed by atoms with E-state index >= 15 is 0 Å². The van der Waals surface area contributed by atoms with E-state index in [4.69, 9.17) is 40.5 Å². The van der Waals surface area contributed by atoms with Crippen molar-refractivity contribution in [3.63, 3.8) is 0 Å². The molecule has 0 saturated carbocycles. The Hall–Kier alpha value is -8.73. The maximum absolute atomic E-state index is 12.9. The number of carbonyl (C=O) groups excluding carboxylic acids is 5. The summed E-state index contributed by atoms with van der Waals surface area (Å²) in [5.41, 5.74) is 4.66. The number of unbranched alkanes of at least 4 members (excludes halogenated alkanes) is 1. The van der Waals surface area contributed by atoms with Crippen LogP contribution in [0.4, 0.5) is 21.9 Å². The monoisotopic (exact) mass is 1060 g/mol. The van der Waals surface area contributed by atoms with Gasteiger partial charge in [0.25, 0.3) is 17.7 Å². The Morgan fingerprint density at radius 2 is 1.36 bits per heavy atom. The number of hydrogen-bond donors (Lipinski definition) is 7. The predicted molar refractivity (Wildman–Crippen MR) is 288 cm³/mol. The number of benzene rings is 6. The molecule has 0 aliphatic rings. The minimum Gasteiger partial charge on any atom is -0.506 e. The van der Waals surface area contributed by atoms with Gasteiger partial charge in [-0.25, -0.2) is 9.59 Å². The number of aryl methyl sites for hydroxylation is 4. The van der Waals surface area contributed by atoms with Gasteiger partial charge in [0.2, 0.25) is 0 Å². The fourth-order valence-electron chi connectivity index (χ4n) is 7.24. The first-order valence-electron chi connectivity index (χ1n) is 23.9. The maximum atomic E-state index is 12.9. The van der Waals surface area contributed by atoms with Gasteiger partial charge in [-0.1, -0.05) is 71.3 Å². The topological polar surface area (TPSA) is 265 Å². The highest BCUT2D eigenvalue weighted by atomic mass is 35.5. The van der Waals surface area contributed by atoms with E-state index in [-0.39, 0.29) is 57.2 Å². The molecular weight excluding hydrogens is 1000 g/mol. The van der Waals surface area contributed by atoms with E-state index in [1.807, 2.05) is 58.0 Å². The third kappa shape index (κ3) is 17.2. The van der Waals surface area contributed by atoms with Crippen molar-refractivity contribution in [1.82, 2.24) is 10.6 Å². The number of fused-ring (bicyclic) bond motifs is 1. The molecule has 6 aromatic carbocycles. The Morgan fingerprint density at radius 1 is 0.671 bits per heavy atom. The van der Waals surface area contributed by atoms with Gasteiger partial charge in [0.1, 0.15) is 40.6 Å². The second-order valence-electron chi connectivity index (χ2n) is 17.2. The van der Waals surface area contributed by atoms with Crippen molar-refractivity contribution < 1.29 is 62.6 Å². The molecule has 7 N–H and O–H groups in total. The second kappa shape index (κ2) is 28.6. The molecule has 0 aromatic heterocycles. The van der Waals surface area contributed by atoms with Gasteiger partial charge in [-0.2, -0.15) is 5.26 Å². The van der Waals surface area contributed by atoms with Crippen LogP contribution in [-0.2, 0) is 23.9 Å². The molecule has 20 heteroatoms. The number of halogens is 1. The molecule has 0 spiro atoms. The van der Waals surface area contributed by atoms with Crippen LogP contribution in [0.5, 0.6) is 34.5 Å². The van der Waals surface area contributed by atoms with E-state index in [1.54, 1.807) is 44.4 Å². The van der Waals surface area contributed by atoms with Crippen molar-refractivity contribution in [1.29, 1.82) is 5.26 Å². The Bertz CT molecular complexity index is 3090. The second-order valence-corrected chi connectivity index (χ2v) is 17.6. The SMILES string of the molecule is COC(=O)COc1cc(NC(=O)Nc2ccc(Cl)c(C#N)c2)c(O)cc1NC(=O)C(C)Oc1ccc(C)cc1C.COCCNC(=O)COc1cc(C(=O)NCCCCOc2ccc(C)cc2C)c(O)c2ccccc12. The molecule has 0 aliphatic heterocycles. The highest BCUT2D eigenvalue weighted by molar-refractivity contribution is 6.31. The number of nitrogens with one attached hydrogen (secondary N) is 5. The summed E-state index contributed by atoms with van der Waals surface area (Å²) in [6.07, 6.45) is 0.554. The summed E-state index contributed by atoms with van der Waals surface area (Å²) in [5, 5.41) is 44.9. The first-order chi connectivity index (χ1) is 36.4. The van der Waals surface area contributed by atoms with Crippen molar-refractivity contribution in [3.05, 3.63) is 135 Å². The van der Waals surface area contributed by atoms with E-state index in [9.17, 15) is 34.2 Å². The average molecular weight is 1060 g/mol. The minimum atomic E-state index is -0.932. The number of esters is 1. The van der Waals surface area contributed by atoms with Crippen molar-refractivity contribution in [3.8, 4) is 40.6 Å². The standard InChI is InChI=1S/C28H27ClN4O7.C28H34N2O6/c1-15-5-8-24(16(2)9-15)40-17(3)27(36)32-22-11-23(34)21(12-25(22)39-14-26(35)38-4)33-28(37)31-19-6-7-20(29)18(10-19)13-30;1-19-10-11-24(20(2)16-19)35-14-7-6-12-30-28(33)23-17-25(36-18-26(31)29-13-15-34-3)21-8-4-5-9-22(21)27(23)32/h5-12,17,34H,14H2,1-4H3,(H,32,36)(H2,31,33,37);4-5,8-11,16-17,32H,6-7,12-15,18H2,1-3H3,(H,29,31)(H,30,33). The highest BCUT2D eigenvalue weighted by Crippen LogP contribution is 2.38. The number of urea groups is 1. The molecule has 76 heavy (non-hydrogen) atoms. The molecule has 6 rings (SSSR count). The number of nitriles is 1. The zero-order valence-electron chi connectivity index (χ0n) is 43.2. The number of hydrogen-bond acceptors (Lipinski definition) is 14. The third-order valence-electron chi connectivity index (χ3n) is 11.2. The van der Waals surface area contributed by atoms with Crippen LogP contribution in [0, 0.1) is 39.0 Å². The van der Waals surface area contributed by atoms with Gasteiger partial charge in [-0.15, -0.1) is 0 Å². The van der Waals surface area contributed by atoms with Crippen LogP contribution in [0.2, 0.25) is 5.02 Å². The smallest absolute Gasteiger partial charge is 0.343 e. The quantitative estimate of drug-likeness (QED) is 0.0190. The molecule has 5 amide bonds. The van der Waals surface area contributed by atoms with Crippen LogP contribution in [0.15, 0.2) is 97.1 Å². The molecule has 0 fully saturated rings. The van der Waals surface area contributed by atoms with Gasteiger partial charge < -0.3 is 65.2 Å². The van der Waals surface area contributed by atoms with E-state index in [0.29, 0.717) is 48.6 Å². The van der Waals surface area contributed by atoms with Crippen molar-refractivity contribution in [2.24, 2.45) is 0 Å². The number of rotatable bonds is 22. The average Bonchev–Trinajstić information content (AvgIpc) is 3.39. The number of carbonyl (C=O) groups is 5. The van der Waals surface area contributed by atoms with Crippen LogP contribution in [0.1, 0.15) is 57.9 Å². The van der Waals surface area contributed by atoms with Gasteiger partial charge in [-0.05, 0) is 95.0 Å². The number of methoxy groups -OCH3 is 2. The Morgan fingerprint density at radius 3 is 2.03 bits per heavy atom. The van der Waals surface area contributed by atoms with Gasteiger partial charge in [0.15, 0.2) is 19.3 Å². The predicted octanol–water partition coefficient (Wildman–Crippen LogP) is 9.03. The van der Waals surface area contributed by atoms with Gasteiger partial charge in [0, 0.05) is 48.8 Å². The lowest BCUT2D eigenvalue weighted by Gasteiger charge is -2.19. The number of ether oxygens (including phenoxy) is 6. The molecule has 1 unspecified atom stereocenters. The molecule has 0 aliphatic carbocycles. The van der Waals surface area contributed by atoms with Crippen LogP contribution < -0.4 is 45.5 Å². The van der Waals surface area contributed by atoms with Crippen molar-refractivity contribution >= 4 is 69.2 Å². The zero-order chi connectivity index (χ0) is 55.3. The Labute approximate surface area is 445 Å². The van der Waals surface area contributed by atoms with Crippen LogP contribution in [-0.4, -0.2) is 99.8 Å². The zero-order valence-corrected chi connectivity index (χ0v) is 43.9. The summed E-state index contributed by atoms with van der Waals surface area (Å²) in [5.74, 6) is -0.804. The fraction of sp³-hybridized carbons (Fsp3) is 0.286. The maximum Gasteiger partial charge on any atom is 0.343 e. The van der Waals surface area contributed by atoms with Crippen molar-refractivity contribution in [2.75, 3.05) is 69.7 Å². The fourth-order valence-corrected chi connectivity index (χ4v) is 7.40. The van der Waals surface area contributed by atoms with E-state index in [2.05, 4.69) is 37.4 Å². The lowest BCUT2D eigenvalue weighted by atomic mass is 10.0. The Kier molecular flexibility index (Phi) is 21.9. The molecule has 0 bridgehead atoms. The molecule has 0 saturated heterocycles. The molecule has 1 atom stereocenters. The van der Waals surface area contributed by atoms with Gasteiger partial charge in [-0.3, -0.25) is 14.4 Å². The van der Waals surface area contributed by atoms with E-state index < -0.39 is 42.3 Å². The van der Waals surface area contributed by atoms with E-state index in [1.165, 1.54) is 43.0 Å². The summed E-state index contributed by atoms with van der Waals surface area (Å²) in [6.45, 7) is 10.4. The lowest BCUT2D eigenvalue weighted by molar-refractivity contribution is -0.142. The van der Waals surface area contributed by atoms with Crippen LogP contribution in [0.25, 0.3) is 10.8 Å². The normalized spacial score (nSPS) is 10.9. The summed E-state index contributed by atoms with van der Waals surface area (Å²) >= 11 is 5.92. The van der Waals surface area contributed by atoms with Crippen molar-refractivity contribution in [2.45, 2.75) is 53.6 Å². The van der Waals surface area contributed by atoms with Gasteiger partial charge in [0.05, 0.1) is 47.8 Å². The summed E-state index contributed by atoms with van der Waals surface area (Å²) in [7, 11) is 2.74. The van der Waals surface area contributed by atoms with Crippen LogP contribution in [0.3, 0.4) is 0 Å². The van der Waals surface area contributed by atoms with E-state index in [0.717, 1.165) is 41.3 Å². The highest BCUT2D eigenvalue weighted by Gasteiger charge is 2.22. The number of aromatic hydroxyl groups is 2. The molecule has 400 valence electrons. The molecular formula is C56H61ClN6O13. The summed E-state index contributed by atoms with van der Waals surface area (Å²) in [4.78, 5) is 62.1. The van der Waals surface area contributed by atoms with Gasteiger partial charge >= 0.3 is 12.0 Å². The minimum absolute atomic E-state index is 0.0183.